The summed E-state index contributed by atoms with van der Waals surface area (Å²) < 4.78 is 25.6. The van der Waals surface area contributed by atoms with Gasteiger partial charge < -0.3 is 10.4 Å². The Hall–Kier alpha value is -1.60. The molecule has 0 aliphatic rings. The van der Waals surface area contributed by atoms with Crippen LogP contribution in [0.25, 0.3) is 0 Å². The number of aliphatic carboxylic acids is 1. The number of anilines is 1. The molecule has 0 heterocycles. The van der Waals surface area contributed by atoms with Crippen molar-refractivity contribution in [2.75, 3.05) is 19.4 Å². The van der Waals surface area contributed by atoms with E-state index in [1.165, 1.54) is 20.2 Å². The smallest absolute Gasteiger partial charge is 0.326 e. The first-order valence-corrected chi connectivity index (χ1v) is 8.25. The lowest BCUT2D eigenvalue weighted by Crippen LogP contribution is -2.31. The Balaban J connectivity index is 3.11. The van der Waals surface area contributed by atoms with E-state index in [9.17, 15) is 18.3 Å². The summed E-state index contributed by atoms with van der Waals surface area (Å²) in [7, 11) is -0.737. The highest BCUT2D eigenvalue weighted by Gasteiger charge is 2.24. The van der Waals surface area contributed by atoms with Crippen LogP contribution >= 0.6 is 0 Å². The van der Waals surface area contributed by atoms with Gasteiger partial charge in [-0.3, -0.25) is 0 Å². The average molecular weight is 314 g/mol. The number of hydrogen-bond donors (Lipinski definition) is 2. The molecular weight excluding hydrogens is 292 g/mol. The fraction of sp³-hybridized carbons (Fsp3) is 0.500. The van der Waals surface area contributed by atoms with E-state index in [0.29, 0.717) is 12.1 Å². The van der Waals surface area contributed by atoms with Crippen LogP contribution in [0.4, 0.5) is 5.69 Å². The largest absolute Gasteiger partial charge is 0.480 e. The molecule has 0 saturated heterocycles. The number of nitrogens with zero attached hydrogens (tertiary/aromatic N) is 1. The predicted molar refractivity (Wildman–Crippen MR) is 81.9 cm³/mol. The van der Waals surface area contributed by atoms with Crippen LogP contribution < -0.4 is 5.32 Å². The Morgan fingerprint density at radius 2 is 1.95 bits per heavy atom. The standard InChI is InChI=1S/C14H22N2O4S/c1-4-5-8-12(14(17)18)15-11-9-6-7-10-13(11)21(19,20)16(2)3/h6-7,9-10,12,15H,4-5,8H2,1-3H3,(H,17,18). The SMILES string of the molecule is CCCCC(Nc1ccccc1S(=O)(=O)N(C)C)C(=O)O. The van der Waals surface area contributed by atoms with Crippen LogP contribution in [0.3, 0.4) is 0 Å². The molecule has 21 heavy (non-hydrogen) atoms. The molecule has 0 aliphatic heterocycles. The number of nitrogens with one attached hydrogen (secondary N) is 1. The maximum Gasteiger partial charge on any atom is 0.326 e. The minimum Gasteiger partial charge on any atom is -0.480 e. The molecule has 0 fully saturated rings. The summed E-state index contributed by atoms with van der Waals surface area (Å²) in [4.78, 5) is 11.4. The quantitative estimate of drug-likeness (QED) is 0.766. The number of benzene rings is 1. The first kappa shape index (κ1) is 17.5. The highest BCUT2D eigenvalue weighted by molar-refractivity contribution is 7.89. The van der Waals surface area contributed by atoms with E-state index in [1.54, 1.807) is 18.2 Å². The fourth-order valence-electron chi connectivity index (χ4n) is 1.86. The van der Waals surface area contributed by atoms with E-state index in [0.717, 1.165) is 17.1 Å². The van der Waals surface area contributed by atoms with Crippen LogP contribution in [-0.4, -0.2) is 43.9 Å². The molecular formula is C14H22N2O4S. The first-order chi connectivity index (χ1) is 9.80. The number of carboxylic acid groups (broad SMARTS) is 1. The van der Waals surface area contributed by atoms with Crippen molar-refractivity contribution in [3.05, 3.63) is 24.3 Å². The highest BCUT2D eigenvalue weighted by atomic mass is 32.2. The predicted octanol–water partition coefficient (Wildman–Crippen LogP) is 1.99. The van der Waals surface area contributed by atoms with Gasteiger partial charge in [0.1, 0.15) is 10.9 Å². The van der Waals surface area contributed by atoms with Crippen molar-refractivity contribution in [3.63, 3.8) is 0 Å². The molecule has 0 radical (unpaired) electrons. The summed E-state index contributed by atoms with van der Waals surface area (Å²) in [6.45, 7) is 1.98. The molecule has 118 valence electrons. The van der Waals surface area contributed by atoms with E-state index in [2.05, 4.69) is 5.32 Å². The number of sulfonamides is 1. The van der Waals surface area contributed by atoms with Crippen LogP contribution in [0.2, 0.25) is 0 Å². The van der Waals surface area contributed by atoms with Gasteiger partial charge in [-0.2, -0.15) is 0 Å². The highest BCUT2D eigenvalue weighted by Crippen LogP contribution is 2.24. The van der Waals surface area contributed by atoms with Crippen LogP contribution in [-0.2, 0) is 14.8 Å². The van der Waals surface area contributed by atoms with E-state index < -0.39 is 22.0 Å². The zero-order valence-corrected chi connectivity index (χ0v) is 13.4. The molecule has 1 aromatic rings. The van der Waals surface area contributed by atoms with Gasteiger partial charge in [0.2, 0.25) is 10.0 Å². The van der Waals surface area contributed by atoms with Crippen LogP contribution in [0.5, 0.6) is 0 Å². The van der Waals surface area contributed by atoms with Gasteiger partial charge in [0.15, 0.2) is 0 Å². The van der Waals surface area contributed by atoms with Gasteiger partial charge in [0.25, 0.3) is 0 Å². The van der Waals surface area contributed by atoms with Crippen molar-refractivity contribution in [3.8, 4) is 0 Å². The van der Waals surface area contributed by atoms with Crippen LogP contribution in [0.15, 0.2) is 29.2 Å². The van der Waals surface area contributed by atoms with Gasteiger partial charge in [-0.05, 0) is 18.6 Å². The van der Waals surface area contributed by atoms with Crippen molar-refractivity contribution in [1.82, 2.24) is 4.31 Å². The number of carboxylic acids is 1. The lowest BCUT2D eigenvalue weighted by atomic mass is 10.1. The number of unbranched alkanes of at least 4 members (excludes halogenated alkanes) is 1. The van der Waals surface area contributed by atoms with Crippen molar-refractivity contribution in [2.45, 2.75) is 37.1 Å². The van der Waals surface area contributed by atoms with Crippen molar-refractivity contribution < 1.29 is 18.3 Å². The summed E-state index contributed by atoms with van der Waals surface area (Å²) in [5, 5.41) is 12.1. The molecule has 1 unspecified atom stereocenters. The van der Waals surface area contributed by atoms with Gasteiger partial charge in [0, 0.05) is 14.1 Å². The summed E-state index contributed by atoms with van der Waals surface area (Å²) in [5.41, 5.74) is 0.315. The van der Waals surface area contributed by atoms with Gasteiger partial charge >= 0.3 is 5.97 Å². The van der Waals surface area contributed by atoms with E-state index in [-0.39, 0.29) is 4.90 Å². The molecule has 1 rings (SSSR count). The fourth-order valence-corrected chi connectivity index (χ4v) is 2.91. The molecule has 2 N–H and O–H groups in total. The Bertz CT molecular complexity index is 584. The monoisotopic (exact) mass is 314 g/mol. The average Bonchev–Trinajstić information content (AvgIpc) is 2.43. The summed E-state index contributed by atoms with van der Waals surface area (Å²) >= 11 is 0. The third-order valence-electron chi connectivity index (χ3n) is 3.12. The summed E-state index contributed by atoms with van der Waals surface area (Å²) in [5.74, 6) is -0.986. The molecule has 1 aromatic carbocycles. The van der Waals surface area contributed by atoms with Gasteiger partial charge in [-0.1, -0.05) is 31.9 Å². The molecule has 0 amide bonds. The molecule has 0 aliphatic carbocycles. The molecule has 0 aromatic heterocycles. The maximum absolute atomic E-state index is 12.3. The van der Waals surface area contributed by atoms with Gasteiger partial charge in [0.05, 0.1) is 5.69 Å². The minimum atomic E-state index is -3.62. The molecule has 1 atom stereocenters. The molecule has 7 heteroatoms. The first-order valence-electron chi connectivity index (χ1n) is 6.81. The third kappa shape index (κ3) is 4.44. The van der Waals surface area contributed by atoms with E-state index in [1.807, 2.05) is 6.92 Å². The summed E-state index contributed by atoms with van der Waals surface area (Å²) in [6, 6.07) is 5.54. The Labute approximate surface area is 125 Å². The molecule has 0 bridgehead atoms. The lowest BCUT2D eigenvalue weighted by Gasteiger charge is -2.20. The Morgan fingerprint density at radius 3 is 2.48 bits per heavy atom. The van der Waals surface area contributed by atoms with Crippen molar-refractivity contribution >= 4 is 21.7 Å². The molecule has 0 saturated carbocycles. The van der Waals surface area contributed by atoms with Crippen LogP contribution in [0.1, 0.15) is 26.2 Å². The minimum absolute atomic E-state index is 0.0812. The normalized spacial score (nSPS) is 13.1. The molecule has 6 nitrogen and oxygen atoms in total. The second-order valence-corrected chi connectivity index (χ2v) is 7.08. The number of para-hydroxylation sites is 1. The van der Waals surface area contributed by atoms with E-state index >= 15 is 0 Å². The number of rotatable bonds is 8. The lowest BCUT2D eigenvalue weighted by molar-refractivity contribution is -0.138. The van der Waals surface area contributed by atoms with Gasteiger partial charge in [-0.15, -0.1) is 0 Å². The second-order valence-electron chi connectivity index (χ2n) is 4.96. The number of carbonyl (C=O) groups is 1. The summed E-state index contributed by atoms with van der Waals surface area (Å²) in [6.07, 6.45) is 2.08. The maximum atomic E-state index is 12.3. The van der Waals surface area contributed by atoms with Crippen molar-refractivity contribution in [2.24, 2.45) is 0 Å². The number of hydrogen-bond acceptors (Lipinski definition) is 4. The van der Waals surface area contributed by atoms with Crippen molar-refractivity contribution in [1.29, 1.82) is 0 Å². The Kier molecular flexibility index (Phi) is 6.17. The van der Waals surface area contributed by atoms with E-state index in [4.69, 9.17) is 0 Å². The topological polar surface area (TPSA) is 86.7 Å². The molecule has 0 spiro atoms. The third-order valence-corrected chi connectivity index (χ3v) is 4.99. The van der Waals surface area contributed by atoms with Gasteiger partial charge in [-0.25, -0.2) is 17.5 Å². The Morgan fingerprint density at radius 1 is 1.33 bits per heavy atom. The van der Waals surface area contributed by atoms with Crippen LogP contribution in [0, 0.1) is 0 Å². The zero-order valence-electron chi connectivity index (χ0n) is 12.5. The zero-order chi connectivity index (χ0) is 16.0. The second kappa shape index (κ2) is 7.42.